The normalized spacial score (nSPS) is 10.3. The van der Waals surface area contributed by atoms with Crippen LogP contribution in [0.3, 0.4) is 0 Å². The van der Waals surface area contributed by atoms with Crippen molar-refractivity contribution < 1.29 is 10.2 Å². The number of hydrogen-bond acceptors (Lipinski definition) is 2. The SMILES string of the molecule is Cc1cc(O)c(C)c(C)c1CO. The number of benzene rings is 1. The van der Waals surface area contributed by atoms with Gasteiger partial charge in [0, 0.05) is 0 Å². The van der Waals surface area contributed by atoms with Gasteiger partial charge in [-0.25, -0.2) is 0 Å². The van der Waals surface area contributed by atoms with Crippen LogP contribution in [0.25, 0.3) is 0 Å². The molecule has 0 saturated heterocycles. The standard InChI is InChI=1S/C10H14O2/c1-6-4-10(12)8(3)7(2)9(6)5-11/h4,11-12H,5H2,1-3H3. The molecule has 1 aromatic rings. The van der Waals surface area contributed by atoms with E-state index in [0.29, 0.717) is 5.75 Å². The molecule has 0 bridgehead atoms. The van der Waals surface area contributed by atoms with Gasteiger partial charge in [-0.3, -0.25) is 0 Å². The first kappa shape index (κ1) is 9.07. The number of aliphatic hydroxyl groups is 1. The fraction of sp³-hybridized carbons (Fsp3) is 0.400. The maximum absolute atomic E-state index is 9.42. The minimum Gasteiger partial charge on any atom is -0.508 e. The summed E-state index contributed by atoms with van der Waals surface area (Å²) >= 11 is 0. The Balaban J connectivity index is 3.40. The molecular weight excluding hydrogens is 152 g/mol. The molecule has 0 aliphatic carbocycles. The topological polar surface area (TPSA) is 40.5 Å². The van der Waals surface area contributed by atoms with Crippen LogP contribution in [0.15, 0.2) is 6.07 Å². The lowest BCUT2D eigenvalue weighted by molar-refractivity contribution is 0.280. The molecule has 2 N–H and O–H groups in total. The Labute approximate surface area is 72.5 Å². The van der Waals surface area contributed by atoms with Gasteiger partial charge in [-0.15, -0.1) is 0 Å². The summed E-state index contributed by atoms with van der Waals surface area (Å²) in [5, 5.41) is 18.5. The van der Waals surface area contributed by atoms with Gasteiger partial charge in [0.05, 0.1) is 6.61 Å². The highest BCUT2D eigenvalue weighted by atomic mass is 16.3. The van der Waals surface area contributed by atoms with Gasteiger partial charge in [0.25, 0.3) is 0 Å². The van der Waals surface area contributed by atoms with Gasteiger partial charge < -0.3 is 10.2 Å². The Morgan fingerprint density at radius 3 is 2.25 bits per heavy atom. The Hall–Kier alpha value is -1.02. The van der Waals surface area contributed by atoms with Crippen molar-refractivity contribution in [3.63, 3.8) is 0 Å². The molecule has 0 atom stereocenters. The minimum atomic E-state index is 0.0405. The van der Waals surface area contributed by atoms with Gasteiger partial charge in [0.15, 0.2) is 0 Å². The highest BCUT2D eigenvalue weighted by Crippen LogP contribution is 2.26. The van der Waals surface area contributed by atoms with Gasteiger partial charge >= 0.3 is 0 Å². The number of phenols is 1. The third kappa shape index (κ3) is 1.30. The molecule has 0 aliphatic heterocycles. The molecule has 2 heteroatoms. The molecule has 2 nitrogen and oxygen atoms in total. The van der Waals surface area contributed by atoms with Crippen LogP contribution < -0.4 is 0 Å². The van der Waals surface area contributed by atoms with Crippen molar-refractivity contribution in [3.05, 3.63) is 28.3 Å². The van der Waals surface area contributed by atoms with Crippen LogP contribution in [0.4, 0.5) is 0 Å². The summed E-state index contributed by atoms with van der Waals surface area (Å²) in [7, 11) is 0. The summed E-state index contributed by atoms with van der Waals surface area (Å²) in [6.07, 6.45) is 0. The second-order valence-corrected chi connectivity index (χ2v) is 3.10. The minimum absolute atomic E-state index is 0.0405. The summed E-state index contributed by atoms with van der Waals surface area (Å²) in [4.78, 5) is 0. The highest BCUT2D eigenvalue weighted by Gasteiger charge is 2.07. The van der Waals surface area contributed by atoms with Crippen LogP contribution in [-0.2, 0) is 6.61 Å². The number of aliphatic hydroxyl groups excluding tert-OH is 1. The maximum Gasteiger partial charge on any atom is 0.119 e. The van der Waals surface area contributed by atoms with E-state index in [2.05, 4.69) is 0 Å². The first-order valence-corrected chi connectivity index (χ1v) is 3.97. The van der Waals surface area contributed by atoms with Crippen molar-refractivity contribution in [1.82, 2.24) is 0 Å². The lowest BCUT2D eigenvalue weighted by Gasteiger charge is -2.11. The molecule has 0 saturated carbocycles. The molecule has 1 aromatic carbocycles. The zero-order chi connectivity index (χ0) is 9.30. The fourth-order valence-corrected chi connectivity index (χ4v) is 1.36. The number of aromatic hydroxyl groups is 1. The van der Waals surface area contributed by atoms with Gasteiger partial charge in [0.2, 0.25) is 0 Å². The Morgan fingerprint density at radius 2 is 1.75 bits per heavy atom. The van der Waals surface area contributed by atoms with E-state index < -0.39 is 0 Å². The van der Waals surface area contributed by atoms with Crippen molar-refractivity contribution in [2.24, 2.45) is 0 Å². The maximum atomic E-state index is 9.42. The molecule has 12 heavy (non-hydrogen) atoms. The number of phenolic OH excluding ortho intramolecular Hbond substituents is 1. The second kappa shape index (κ2) is 3.15. The smallest absolute Gasteiger partial charge is 0.119 e. The van der Waals surface area contributed by atoms with E-state index in [1.807, 2.05) is 20.8 Å². The molecule has 0 aromatic heterocycles. The van der Waals surface area contributed by atoms with Crippen molar-refractivity contribution in [2.45, 2.75) is 27.4 Å². The number of hydrogen-bond donors (Lipinski definition) is 2. The van der Waals surface area contributed by atoms with E-state index >= 15 is 0 Å². The van der Waals surface area contributed by atoms with Crippen LogP contribution >= 0.6 is 0 Å². The Morgan fingerprint density at radius 1 is 1.17 bits per heavy atom. The third-order valence-electron chi connectivity index (χ3n) is 2.39. The average molecular weight is 166 g/mol. The van der Waals surface area contributed by atoms with Crippen LogP contribution in [0, 0.1) is 20.8 Å². The van der Waals surface area contributed by atoms with Crippen molar-refractivity contribution >= 4 is 0 Å². The monoisotopic (exact) mass is 166 g/mol. The van der Waals surface area contributed by atoms with Gasteiger partial charge in [-0.05, 0) is 49.1 Å². The lowest BCUT2D eigenvalue weighted by atomic mass is 9.98. The molecule has 0 fully saturated rings. The molecule has 0 unspecified atom stereocenters. The molecule has 0 spiro atoms. The Bertz CT molecular complexity index is 303. The summed E-state index contributed by atoms with van der Waals surface area (Å²) in [6.45, 7) is 5.69. The number of aryl methyl sites for hydroxylation is 1. The number of rotatable bonds is 1. The van der Waals surface area contributed by atoms with Crippen molar-refractivity contribution in [2.75, 3.05) is 0 Å². The van der Waals surface area contributed by atoms with E-state index in [9.17, 15) is 5.11 Å². The molecule has 1 rings (SSSR count). The quantitative estimate of drug-likeness (QED) is 0.668. The molecule has 0 aliphatic rings. The van der Waals surface area contributed by atoms with E-state index in [1.54, 1.807) is 6.07 Å². The predicted octanol–water partition coefficient (Wildman–Crippen LogP) is 1.81. The van der Waals surface area contributed by atoms with E-state index in [4.69, 9.17) is 5.11 Å². The molecular formula is C10H14O2. The molecule has 0 heterocycles. The van der Waals surface area contributed by atoms with Crippen LogP contribution in [0.1, 0.15) is 22.3 Å². The van der Waals surface area contributed by atoms with Crippen LogP contribution in [0.2, 0.25) is 0 Å². The van der Waals surface area contributed by atoms with Gasteiger partial charge in [-0.2, -0.15) is 0 Å². The first-order chi connectivity index (χ1) is 5.57. The van der Waals surface area contributed by atoms with Crippen molar-refractivity contribution in [1.29, 1.82) is 0 Å². The Kier molecular flexibility index (Phi) is 2.38. The third-order valence-corrected chi connectivity index (χ3v) is 2.39. The molecule has 66 valence electrons. The summed E-state index contributed by atoms with van der Waals surface area (Å²) in [5.74, 6) is 0.308. The van der Waals surface area contributed by atoms with Gasteiger partial charge in [-0.1, -0.05) is 0 Å². The van der Waals surface area contributed by atoms with Crippen LogP contribution in [0.5, 0.6) is 5.75 Å². The van der Waals surface area contributed by atoms with Gasteiger partial charge in [0.1, 0.15) is 5.75 Å². The van der Waals surface area contributed by atoms with Crippen LogP contribution in [-0.4, -0.2) is 10.2 Å². The van der Waals surface area contributed by atoms with Crippen molar-refractivity contribution in [3.8, 4) is 5.75 Å². The summed E-state index contributed by atoms with van der Waals surface area (Å²) < 4.78 is 0. The second-order valence-electron chi connectivity index (χ2n) is 3.10. The fourth-order valence-electron chi connectivity index (χ4n) is 1.36. The zero-order valence-electron chi connectivity index (χ0n) is 7.68. The summed E-state index contributed by atoms with van der Waals surface area (Å²) in [6, 6.07) is 1.69. The average Bonchev–Trinajstić information content (AvgIpc) is 2.01. The summed E-state index contributed by atoms with van der Waals surface area (Å²) in [5.41, 5.74) is 3.70. The largest absolute Gasteiger partial charge is 0.508 e. The van der Waals surface area contributed by atoms with E-state index in [-0.39, 0.29) is 6.61 Å². The van der Waals surface area contributed by atoms with E-state index in [1.165, 1.54) is 0 Å². The first-order valence-electron chi connectivity index (χ1n) is 3.97. The molecule has 0 amide bonds. The van der Waals surface area contributed by atoms with E-state index in [0.717, 1.165) is 22.3 Å². The zero-order valence-corrected chi connectivity index (χ0v) is 7.68. The molecule has 0 radical (unpaired) electrons. The predicted molar refractivity (Wildman–Crippen MR) is 48.2 cm³/mol. The highest BCUT2D eigenvalue weighted by molar-refractivity contribution is 5.46. The lowest BCUT2D eigenvalue weighted by Crippen LogP contribution is -1.96.